The van der Waals surface area contributed by atoms with E-state index in [0.717, 1.165) is 5.56 Å². The van der Waals surface area contributed by atoms with Crippen LogP contribution in [0.1, 0.15) is 36.8 Å². The molecule has 0 fully saturated rings. The molecular weight excluding hydrogens is 443 g/mol. The van der Waals surface area contributed by atoms with Crippen LogP contribution in [0.15, 0.2) is 48.5 Å². The highest BCUT2D eigenvalue weighted by atomic mass is 19.1. The predicted molar refractivity (Wildman–Crippen MR) is 123 cm³/mol. The van der Waals surface area contributed by atoms with Crippen molar-refractivity contribution in [3.63, 3.8) is 0 Å². The lowest BCUT2D eigenvalue weighted by Gasteiger charge is -2.31. The van der Waals surface area contributed by atoms with E-state index in [1.165, 1.54) is 12.1 Å². The van der Waals surface area contributed by atoms with E-state index >= 15 is 0 Å². The first kappa shape index (κ1) is 24.8. The predicted octanol–water partition coefficient (Wildman–Crippen LogP) is 1.93. The van der Waals surface area contributed by atoms with Gasteiger partial charge in [-0.2, -0.15) is 5.10 Å². The molecule has 0 unspecified atom stereocenters. The molecule has 180 valence electrons. The molecule has 4 N–H and O–H groups in total. The summed E-state index contributed by atoms with van der Waals surface area (Å²) in [5.41, 5.74) is 0.791. The molecule has 0 aliphatic carbocycles. The highest BCUT2D eigenvalue weighted by Crippen LogP contribution is 2.23. The van der Waals surface area contributed by atoms with Gasteiger partial charge < -0.3 is 20.8 Å². The number of carbonyl (C=O) groups is 3. The first-order valence-corrected chi connectivity index (χ1v) is 10.7. The van der Waals surface area contributed by atoms with Gasteiger partial charge in [-0.25, -0.2) is 9.18 Å². The van der Waals surface area contributed by atoms with Crippen LogP contribution >= 0.6 is 0 Å². The molecule has 1 aromatic heterocycles. The number of aliphatic carboxylic acids is 1. The number of halogens is 1. The van der Waals surface area contributed by atoms with Crippen molar-refractivity contribution in [2.24, 2.45) is 5.41 Å². The minimum atomic E-state index is -1.50. The molecule has 0 aliphatic heterocycles. The summed E-state index contributed by atoms with van der Waals surface area (Å²) in [5, 5.41) is 28.3. The van der Waals surface area contributed by atoms with Crippen LogP contribution in [0.25, 0.3) is 10.9 Å². The van der Waals surface area contributed by atoms with Crippen molar-refractivity contribution in [3.05, 3.63) is 65.6 Å². The number of benzene rings is 2. The fraction of sp³-hybridized carbons (Fsp3) is 0.333. The number of rotatable bonds is 8. The number of amides is 2. The maximum absolute atomic E-state index is 13.3. The van der Waals surface area contributed by atoms with Crippen LogP contribution in [0.3, 0.4) is 0 Å². The van der Waals surface area contributed by atoms with Crippen molar-refractivity contribution < 1.29 is 29.0 Å². The van der Waals surface area contributed by atoms with Crippen LogP contribution in [0.2, 0.25) is 0 Å². The number of carbonyl (C=O) groups excluding carboxylic acids is 2. The smallest absolute Gasteiger partial charge is 0.328 e. The van der Waals surface area contributed by atoms with Gasteiger partial charge in [-0.15, -0.1) is 0 Å². The Kier molecular flexibility index (Phi) is 7.31. The van der Waals surface area contributed by atoms with Crippen molar-refractivity contribution in [2.75, 3.05) is 6.61 Å². The van der Waals surface area contributed by atoms with E-state index in [-0.39, 0.29) is 11.5 Å². The molecule has 0 spiro atoms. The second kappa shape index (κ2) is 10.0. The van der Waals surface area contributed by atoms with Crippen molar-refractivity contribution in [1.82, 2.24) is 20.4 Å². The van der Waals surface area contributed by atoms with Gasteiger partial charge in [0.2, 0.25) is 5.91 Å². The SMILES string of the molecule is CC(C)(C)[C@H](NC(=O)c1nn(Cc2ccc(F)cc2)c2ccccc12)C(=O)N[C@@H](CO)C(=O)O. The quantitative estimate of drug-likeness (QED) is 0.398. The standard InChI is InChI=1S/C24H27FN4O5/c1-24(2,3)20(22(32)26-17(13-30)23(33)34)27-21(31)19-16-6-4-5-7-18(16)29(28-19)12-14-8-10-15(25)11-9-14/h4-11,17,20,30H,12-13H2,1-3H3,(H,26,32)(H,27,31)(H,33,34)/t17-,20+/m0/s1. The van der Waals surface area contributed by atoms with Crippen LogP contribution in [-0.4, -0.2) is 56.5 Å². The van der Waals surface area contributed by atoms with E-state index in [2.05, 4.69) is 15.7 Å². The molecule has 0 aliphatic rings. The summed E-state index contributed by atoms with van der Waals surface area (Å²) >= 11 is 0. The molecule has 1 heterocycles. The monoisotopic (exact) mass is 470 g/mol. The van der Waals surface area contributed by atoms with Gasteiger partial charge in [0.1, 0.15) is 17.9 Å². The van der Waals surface area contributed by atoms with Crippen LogP contribution in [0.4, 0.5) is 4.39 Å². The first-order chi connectivity index (χ1) is 16.0. The van der Waals surface area contributed by atoms with Crippen LogP contribution in [0.5, 0.6) is 0 Å². The molecule has 3 rings (SSSR count). The zero-order valence-corrected chi connectivity index (χ0v) is 19.1. The van der Waals surface area contributed by atoms with Crippen molar-refractivity contribution >= 4 is 28.7 Å². The normalized spacial score (nSPS) is 13.3. The Morgan fingerprint density at radius 3 is 2.29 bits per heavy atom. The zero-order chi connectivity index (χ0) is 25.0. The second-order valence-corrected chi connectivity index (χ2v) is 9.00. The summed E-state index contributed by atoms with van der Waals surface area (Å²) in [6.45, 7) is 4.67. The fourth-order valence-electron chi connectivity index (χ4n) is 3.49. The van der Waals surface area contributed by atoms with Gasteiger partial charge in [0, 0.05) is 5.39 Å². The van der Waals surface area contributed by atoms with Gasteiger partial charge in [-0.05, 0) is 29.2 Å². The number of nitrogens with one attached hydrogen (secondary N) is 2. The second-order valence-electron chi connectivity index (χ2n) is 9.00. The maximum Gasteiger partial charge on any atom is 0.328 e. The zero-order valence-electron chi connectivity index (χ0n) is 19.1. The summed E-state index contributed by atoms with van der Waals surface area (Å²) in [6, 6.07) is 10.5. The van der Waals surface area contributed by atoms with Gasteiger partial charge in [0.25, 0.3) is 5.91 Å². The molecule has 0 bridgehead atoms. The molecular formula is C24H27FN4O5. The molecule has 3 aromatic rings. The minimum Gasteiger partial charge on any atom is -0.480 e. The van der Waals surface area contributed by atoms with E-state index < -0.39 is 41.9 Å². The van der Waals surface area contributed by atoms with E-state index in [4.69, 9.17) is 5.11 Å². The van der Waals surface area contributed by atoms with Gasteiger partial charge in [-0.1, -0.05) is 51.1 Å². The number of aliphatic hydroxyl groups excluding tert-OH is 1. The molecule has 10 heteroatoms. The number of fused-ring (bicyclic) bond motifs is 1. The Balaban J connectivity index is 1.90. The summed E-state index contributed by atoms with van der Waals surface area (Å²) in [5.74, 6) is -3.09. The Labute approximate surface area is 195 Å². The molecule has 0 radical (unpaired) electrons. The summed E-state index contributed by atoms with van der Waals surface area (Å²) in [7, 11) is 0. The van der Waals surface area contributed by atoms with E-state index in [1.54, 1.807) is 61.9 Å². The van der Waals surface area contributed by atoms with Gasteiger partial charge in [0.05, 0.1) is 18.7 Å². The Morgan fingerprint density at radius 1 is 1.06 bits per heavy atom. The van der Waals surface area contributed by atoms with E-state index in [0.29, 0.717) is 17.4 Å². The van der Waals surface area contributed by atoms with E-state index in [1.807, 2.05) is 0 Å². The number of para-hydroxylation sites is 1. The average Bonchev–Trinajstić information content (AvgIpc) is 3.14. The fourth-order valence-corrected chi connectivity index (χ4v) is 3.49. The van der Waals surface area contributed by atoms with Crippen LogP contribution in [-0.2, 0) is 16.1 Å². The van der Waals surface area contributed by atoms with Crippen molar-refractivity contribution in [3.8, 4) is 0 Å². The molecule has 34 heavy (non-hydrogen) atoms. The van der Waals surface area contributed by atoms with Crippen LogP contribution < -0.4 is 10.6 Å². The summed E-state index contributed by atoms with van der Waals surface area (Å²) in [6.07, 6.45) is 0. The lowest BCUT2D eigenvalue weighted by molar-refractivity contribution is -0.143. The summed E-state index contributed by atoms with van der Waals surface area (Å²) in [4.78, 5) is 37.3. The highest BCUT2D eigenvalue weighted by Gasteiger charge is 2.35. The Hall–Kier alpha value is -3.79. The van der Waals surface area contributed by atoms with Gasteiger partial charge in [-0.3, -0.25) is 14.3 Å². The van der Waals surface area contributed by atoms with Crippen molar-refractivity contribution in [1.29, 1.82) is 0 Å². The third-order valence-electron chi connectivity index (χ3n) is 5.32. The Bertz CT molecular complexity index is 1200. The molecule has 2 aromatic carbocycles. The number of aliphatic hydroxyl groups is 1. The maximum atomic E-state index is 13.3. The minimum absolute atomic E-state index is 0.0942. The molecule has 2 atom stereocenters. The third-order valence-corrected chi connectivity index (χ3v) is 5.32. The van der Waals surface area contributed by atoms with Gasteiger partial charge >= 0.3 is 5.97 Å². The highest BCUT2D eigenvalue weighted by molar-refractivity contribution is 6.06. The van der Waals surface area contributed by atoms with Crippen molar-refractivity contribution in [2.45, 2.75) is 39.4 Å². The lowest BCUT2D eigenvalue weighted by Crippen LogP contribution is -2.57. The van der Waals surface area contributed by atoms with Gasteiger partial charge in [0.15, 0.2) is 5.69 Å². The summed E-state index contributed by atoms with van der Waals surface area (Å²) < 4.78 is 14.9. The number of hydrogen-bond donors (Lipinski definition) is 4. The van der Waals surface area contributed by atoms with Crippen LogP contribution in [0, 0.1) is 11.2 Å². The average molecular weight is 471 g/mol. The Morgan fingerprint density at radius 2 is 1.71 bits per heavy atom. The number of aromatic nitrogens is 2. The lowest BCUT2D eigenvalue weighted by atomic mass is 9.85. The van der Waals surface area contributed by atoms with E-state index in [9.17, 15) is 23.9 Å². The largest absolute Gasteiger partial charge is 0.480 e. The number of hydrogen-bond acceptors (Lipinski definition) is 5. The molecule has 2 amide bonds. The molecule has 9 nitrogen and oxygen atoms in total. The topological polar surface area (TPSA) is 134 Å². The number of nitrogens with zero attached hydrogens (tertiary/aromatic N) is 2. The molecule has 0 saturated heterocycles. The molecule has 0 saturated carbocycles. The number of carboxylic acids is 1. The number of carboxylic acid groups (broad SMARTS) is 1. The first-order valence-electron chi connectivity index (χ1n) is 10.7. The third kappa shape index (κ3) is 5.57.